The molecule has 1 aliphatic rings. The third-order valence-electron chi connectivity index (χ3n) is 3.54. The normalized spacial score (nSPS) is 17.1. The van der Waals surface area contributed by atoms with E-state index in [4.69, 9.17) is 0 Å². The van der Waals surface area contributed by atoms with Gasteiger partial charge >= 0.3 is 0 Å². The molecular formula is C17H17ClN2O. The number of Topliss-reactive ketones (excluding diaryl/α,β-unsaturated/α-hetero) is 1. The highest BCUT2D eigenvalue weighted by Crippen LogP contribution is 2.08. The summed E-state index contributed by atoms with van der Waals surface area (Å²) in [6.45, 7) is 1.34. The van der Waals surface area contributed by atoms with Crippen molar-refractivity contribution < 1.29 is 22.2 Å². The number of hydrogen-bond donors (Lipinski definition) is 2. The van der Waals surface area contributed by atoms with E-state index in [1.165, 1.54) is 0 Å². The van der Waals surface area contributed by atoms with Crippen LogP contribution in [0.2, 0.25) is 0 Å². The highest BCUT2D eigenvalue weighted by molar-refractivity contribution is 6.00. The number of nitrogens with one attached hydrogen (secondary N) is 2. The molecule has 4 heteroatoms. The van der Waals surface area contributed by atoms with Crippen LogP contribution in [-0.4, -0.2) is 24.7 Å². The molecule has 1 heterocycles. The van der Waals surface area contributed by atoms with Crippen molar-refractivity contribution in [3.8, 4) is 0 Å². The third-order valence-corrected chi connectivity index (χ3v) is 3.54. The van der Waals surface area contributed by atoms with Gasteiger partial charge in [-0.25, -0.2) is 0 Å². The van der Waals surface area contributed by atoms with Crippen LogP contribution in [0.4, 0.5) is 0 Å². The average molecular weight is 301 g/mol. The molecule has 0 aliphatic carbocycles. The summed E-state index contributed by atoms with van der Waals surface area (Å²) in [4.78, 5) is 15.7. The molecule has 108 valence electrons. The van der Waals surface area contributed by atoms with Gasteiger partial charge in [0.2, 0.25) is 0 Å². The molecule has 3 nitrogen and oxygen atoms in total. The number of carbonyl (C=O) groups is 1. The van der Waals surface area contributed by atoms with E-state index >= 15 is 0 Å². The molecule has 1 unspecified atom stereocenters. The van der Waals surface area contributed by atoms with E-state index in [2.05, 4.69) is 22.4 Å². The van der Waals surface area contributed by atoms with Crippen molar-refractivity contribution in [2.75, 3.05) is 13.1 Å². The van der Waals surface area contributed by atoms with Crippen molar-refractivity contribution in [3.63, 3.8) is 0 Å². The monoisotopic (exact) mass is 300 g/mol. The van der Waals surface area contributed by atoms with Crippen LogP contribution >= 0.6 is 0 Å². The number of carbonyl (C=O) groups excluding carboxylic acids is 1. The molecule has 1 aliphatic heterocycles. The van der Waals surface area contributed by atoms with Gasteiger partial charge in [0.25, 0.3) is 5.84 Å². The molecule has 1 atom stereocenters. The summed E-state index contributed by atoms with van der Waals surface area (Å²) in [5.41, 5.74) is 1.90. The van der Waals surface area contributed by atoms with Gasteiger partial charge in [-0.15, -0.1) is 0 Å². The number of halogens is 1. The van der Waals surface area contributed by atoms with Crippen molar-refractivity contribution in [2.24, 2.45) is 5.92 Å². The van der Waals surface area contributed by atoms with Gasteiger partial charge in [-0.3, -0.25) is 15.1 Å². The molecule has 0 fully saturated rings. The number of rotatable bonds is 3. The number of amidine groups is 1. The summed E-state index contributed by atoms with van der Waals surface area (Å²) in [5.74, 6) is 1.17. The van der Waals surface area contributed by atoms with Crippen LogP contribution in [0.15, 0.2) is 60.7 Å². The molecule has 0 saturated carbocycles. The fourth-order valence-electron chi connectivity index (χ4n) is 2.42. The molecule has 2 aromatic rings. The number of ketones is 1. The Morgan fingerprint density at radius 1 is 1.00 bits per heavy atom. The van der Waals surface area contributed by atoms with Gasteiger partial charge in [0.05, 0.1) is 24.6 Å². The predicted molar refractivity (Wildman–Crippen MR) is 78.6 cm³/mol. The second-order valence-corrected chi connectivity index (χ2v) is 4.93. The molecule has 2 aromatic carbocycles. The van der Waals surface area contributed by atoms with Gasteiger partial charge in [0.1, 0.15) is 0 Å². The molecule has 0 spiro atoms. The van der Waals surface area contributed by atoms with Crippen LogP contribution in [-0.2, 0) is 0 Å². The van der Waals surface area contributed by atoms with Crippen molar-refractivity contribution in [2.45, 2.75) is 0 Å². The van der Waals surface area contributed by atoms with E-state index in [0.717, 1.165) is 17.0 Å². The Morgan fingerprint density at radius 2 is 1.62 bits per heavy atom. The molecule has 2 N–H and O–H groups in total. The second kappa shape index (κ2) is 7.04. The van der Waals surface area contributed by atoms with Crippen LogP contribution < -0.4 is 22.7 Å². The Kier molecular flexibility index (Phi) is 5.12. The first-order valence-electron chi connectivity index (χ1n) is 6.84. The molecule has 0 saturated heterocycles. The summed E-state index contributed by atoms with van der Waals surface area (Å²) in [6, 6.07) is 19.6. The maximum absolute atomic E-state index is 12.4. The zero-order valence-corrected chi connectivity index (χ0v) is 12.3. The smallest absolute Gasteiger partial charge is 0.274 e. The Bertz CT molecular complexity index is 626. The lowest BCUT2D eigenvalue weighted by molar-refractivity contribution is -0.469. The zero-order valence-electron chi connectivity index (χ0n) is 11.6. The van der Waals surface area contributed by atoms with Gasteiger partial charge in [-0.2, -0.15) is 0 Å². The molecule has 0 aromatic heterocycles. The predicted octanol–water partition coefficient (Wildman–Crippen LogP) is -2.38. The first-order chi connectivity index (χ1) is 9.84. The second-order valence-electron chi connectivity index (χ2n) is 4.93. The largest absolute Gasteiger partial charge is 1.00 e. The van der Waals surface area contributed by atoms with Crippen molar-refractivity contribution in [3.05, 3.63) is 71.8 Å². The summed E-state index contributed by atoms with van der Waals surface area (Å²) in [5, 5.41) is 3.32. The molecule has 0 bridgehead atoms. The maximum Gasteiger partial charge on any atom is 0.274 e. The Balaban J connectivity index is 0.00000161. The minimum atomic E-state index is -0.0233. The molecule has 0 radical (unpaired) electrons. The highest BCUT2D eigenvalue weighted by atomic mass is 35.5. The van der Waals surface area contributed by atoms with E-state index < -0.39 is 0 Å². The van der Waals surface area contributed by atoms with Crippen LogP contribution in [0.25, 0.3) is 0 Å². The van der Waals surface area contributed by atoms with Gasteiger partial charge < -0.3 is 12.4 Å². The first kappa shape index (κ1) is 15.3. The molecule has 21 heavy (non-hydrogen) atoms. The van der Waals surface area contributed by atoms with Crippen LogP contribution in [0.1, 0.15) is 15.9 Å². The minimum absolute atomic E-state index is 0. The topological polar surface area (TPSA) is 43.1 Å². The average Bonchev–Trinajstić information content (AvgIpc) is 2.56. The van der Waals surface area contributed by atoms with E-state index in [1.807, 2.05) is 48.5 Å². The molecule has 0 amide bonds. The third kappa shape index (κ3) is 3.50. The lowest BCUT2D eigenvalue weighted by Crippen LogP contribution is -3.00. The van der Waals surface area contributed by atoms with E-state index in [0.29, 0.717) is 13.1 Å². The van der Waals surface area contributed by atoms with Crippen molar-refractivity contribution >= 4 is 11.6 Å². The summed E-state index contributed by atoms with van der Waals surface area (Å²) in [7, 11) is 0. The van der Waals surface area contributed by atoms with Gasteiger partial charge in [0, 0.05) is 5.56 Å². The van der Waals surface area contributed by atoms with Crippen LogP contribution in [0.3, 0.4) is 0 Å². The Morgan fingerprint density at radius 3 is 2.19 bits per heavy atom. The lowest BCUT2D eigenvalue weighted by atomic mass is 9.96. The van der Waals surface area contributed by atoms with Gasteiger partial charge in [-0.1, -0.05) is 48.5 Å². The standard InChI is InChI=1S/C17H16N2O.ClH/c20-16(13-7-3-1-4-8-13)15-11-18-17(19-12-15)14-9-5-2-6-10-14;/h1-10,15H,11-12H2,(H,18,19);1H. The Hall–Kier alpha value is -2.13. The molecular weight excluding hydrogens is 284 g/mol. The number of benzene rings is 2. The number of hydrogen-bond acceptors (Lipinski definition) is 2. The zero-order chi connectivity index (χ0) is 13.8. The summed E-state index contributed by atoms with van der Waals surface area (Å²) >= 11 is 0. The van der Waals surface area contributed by atoms with E-state index in [-0.39, 0.29) is 24.1 Å². The SMILES string of the molecule is O=C(c1ccccc1)C1CNC(c2ccccc2)=[NH+]C1.[Cl-]. The fourth-order valence-corrected chi connectivity index (χ4v) is 2.42. The van der Waals surface area contributed by atoms with Crippen molar-refractivity contribution in [1.82, 2.24) is 5.32 Å². The lowest BCUT2D eigenvalue weighted by Gasteiger charge is -2.17. The minimum Gasteiger partial charge on any atom is -1.00 e. The first-order valence-corrected chi connectivity index (χ1v) is 6.84. The quantitative estimate of drug-likeness (QED) is 0.622. The molecule has 3 rings (SSSR count). The van der Waals surface area contributed by atoms with E-state index in [1.54, 1.807) is 0 Å². The van der Waals surface area contributed by atoms with Crippen molar-refractivity contribution in [1.29, 1.82) is 0 Å². The maximum atomic E-state index is 12.4. The highest BCUT2D eigenvalue weighted by Gasteiger charge is 2.27. The van der Waals surface area contributed by atoms with Gasteiger partial charge in [0.15, 0.2) is 5.78 Å². The Labute approximate surface area is 130 Å². The van der Waals surface area contributed by atoms with Crippen LogP contribution in [0, 0.1) is 5.92 Å². The summed E-state index contributed by atoms with van der Waals surface area (Å²) in [6.07, 6.45) is 0. The van der Waals surface area contributed by atoms with E-state index in [9.17, 15) is 4.79 Å². The summed E-state index contributed by atoms with van der Waals surface area (Å²) < 4.78 is 0. The fraction of sp³-hybridized carbons (Fsp3) is 0.176. The van der Waals surface area contributed by atoms with Crippen LogP contribution in [0.5, 0.6) is 0 Å². The van der Waals surface area contributed by atoms with Gasteiger partial charge in [-0.05, 0) is 12.1 Å².